The number of oxazole rings is 2. The largest absolute Gasteiger partial charge is 0.445 e. The van der Waals surface area contributed by atoms with Crippen LogP contribution in [-0.4, -0.2) is 9.97 Å². The predicted octanol–water partition coefficient (Wildman–Crippen LogP) is 7.48. The SMILES string of the molecule is c1ccc2c(-c3ccc(-c4ncco4)cc3)ccc(-c3ccc(-c4ncco4)cc3)c2c1. The molecule has 0 amide bonds. The first-order valence-corrected chi connectivity index (χ1v) is 10.4. The molecule has 4 heteroatoms. The average molecular weight is 414 g/mol. The number of benzene rings is 4. The summed E-state index contributed by atoms with van der Waals surface area (Å²) >= 11 is 0. The van der Waals surface area contributed by atoms with Gasteiger partial charge in [0.15, 0.2) is 0 Å². The lowest BCUT2D eigenvalue weighted by Gasteiger charge is -2.12. The van der Waals surface area contributed by atoms with Gasteiger partial charge in [0.1, 0.15) is 12.5 Å². The van der Waals surface area contributed by atoms with Gasteiger partial charge >= 0.3 is 0 Å². The number of fused-ring (bicyclic) bond motifs is 1. The van der Waals surface area contributed by atoms with Gasteiger partial charge in [0, 0.05) is 11.1 Å². The molecular formula is C28H18N2O2. The topological polar surface area (TPSA) is 52.1 Å². The van der Waals surface area contributed by atoms with Crippen LogP contribution in [0.3, 0.4) is 0 Å². The molecule has 0 aliphatic rings. The minimum atomic E-state index is 0.630. The van der Waals surface area contributed by atoms with Crippen LogP contribution in [0.5, 0.6) is 0 Å². The molecule has 152 valence electrons. The van der Waals surface area contributed by atoms with Gasteiger partial charge in [-0.3, -0.25) is 0 Å². The van der Waals surface area contributed by atoms with E-state index in [0.717, 1.165) is 22.3 Å². The highest BCUT2D eigenvalue weighted by Crippen LogP contribution is 2.36. The van der Waals surface area contributed by atoms with E-state index in [4.69, 9.17) is 8.83 Å². The first kappa shape index (κ1) is 18.3. The molecule has 0 N–H and O–H groups in total. The first-order chi connectivity index (χ1) is 15.9. The van der Waals surface area contributed by atoms with Crippen molar-refractivity contribution in [3.05, 3.63) is 110 Å². The fourth-order valence-corrected chi connectivity index (χ4v) is 4.12. The molecular weight excluding hydrogens is 396 g/mol. The van der Waals surface area contributed by atoms with Crippen LogP contribution in [0.2, 0.25) is 0 Å². The Morgan fingerprint density at radius 2 is 0.844 bits per heavy atom. The van der Waals surface area contributed by atoms with Gasteiger partial charge in [-0.1, -0.05) is 60.7 Å². The van der Waals surface area contributed by atoms with Gasteiger partial charge in [0.2, 0.25) is 11.8 Å². The van der Waals surface area contributed by atoms with Gasteiger partial charge in [-0.25, -0.2) is 9.97 Å². The summed E-state index contributed by atoms with van der Waals surface area (Å²) in [5, 5.41) is 2.43. The Hall–Kier alpha value is -4.44. The second kappa shape index (κ2) is 7.67. The summed E-state index contributed by atoms with van der Waals surface area (Å²) < 4.78 is 10.8. The highest BCUT2D eigenvalue weighted by Gasteiger charge is 2.11. The van der Waals surface area contributed by atoms with Crippen LogP contribution < -0.4 is 0 Å². The third-order valence-corrected chi connectivity index (χ3v) is 5.67. The Bertz CT molecular complexity index is 1370. The highest BCUT2D eigenvalue weighted by atomic mass is 16.3. The lowest BCUT2D eigenvalue weighted by Crippen LogP contribution is -1.87. The van der Waals surface area contributed by atoms with E-state index in [1.807, 2.05) is 24.3 Å². The van der Waals surface area contributed by atoms with E-state index in [-0.39, 0.29) is 0 Å². The molecule has 0 bridgehead atoms. The van der Waals surface area contributed by atoms with E-state index < -0.39 is 0 Å². The summed E-state index contributed by atoms with van der Waals surface area (Å²) in [6.07, 6.45) is 6.50. The number of rotatable bonds is 4. The van der Waals surface area contributed by atoms with Crippen molar-refractivity contribution >= 4 is 10.8 Å². The molecule has 0 unspecified atom stereocenters. The van der Waals surface area contributed by atoms with Crippen LogP contribution in [-0.2, 0) is 0 Å². The fourth-order valence-electron chi connectivity index (χ4n) is 4.12. The second-order valence-electron chi connectivity index (χ2n) is 7.54. The molecule has 0 saturated carbocycles. The molecule has 2 aromatic heterocycles. The minimum Gasteiger partial charge on any atom is -0.445 e. The van der Waals surface area contributed by atoms with Gasteiger partial charge in [-0.15, -0.1) is 0 Å². The fraction of sp³-hybridized carbons (Fsp3) is 0. The quantitative estimate of drug-likeness (QED) is 0.300. The summed E-state index contributed by atoms with van der Waals surface area (Å²) in [5.41, 5.74) is 6.63. The first-order valence-electron chi connectivity index (χ1n) is 10.4. The maximum absolute atomic E-state index is 5.41. The number of aromatic nitrogens is 2. The van der Waals surface area contributed by atoms with E-state index in [9.17, 15) is 0 Å². The van der Waals surface area contributed by atoms with Crippen LogP contribution in [0.4, 0.5) is 0 Å². The van der Waals surface area contributed by atoms with E-state index >= 15 is 0 Å². The Kier molecular flexibility index (Phi) is 4.40. The van der Waals surface area contributed by atoms with Crippen molar-refractivity contribution in [1.29, 1.82) is 0 Å². The van der Waals surface area contributed by atoms with Crippen molar-refractivity contribution in [2.24, 2.45) is 0 Å². The van der Waals surface area contributed by atoms with Gasteiger partial charge in [0.25, 0.3) is 0 Å². The molecule has 6 rings (SSSR count). The van der Waals surface area contributed by atoms with Gasteiger partial charge in [-0.2, -0.15) is 0 Å². The molecule has 0 aliphatic carbocycles. The lowest BCUT2D eigenvalue weighted by molar-refractivity contribution is 0.574. The summed E-state index contributed by atoms with van der Waals surface area (Å²) in [4.78, 5) is 8.46. The number of hydrogen-bond donors (Lipinski definition) is 0. The zero-order valence-corrected chi connectivity index (χ0v) is 17.1. The third kappa shape index (κ3) is 3.19. The van der Waals surface area contributed by atoms with Gasteiger partial charge in [0.05, 0.1) is 12.4 Å². The van der Waals surface area contributed by atoms with Crippen molar-refractivity contribution in [2.45, 2.75) is 0 Å². The van der Waals surface area contributed by atoms with Crippen molar-refractivity contribution < 1.29 is 8.83 Å². The van der Waals surface area contributed by atoms with Crippen molar-refractivity contribution in [3.8, 4) is 45.2 Å². The Labute approximate surface area is 184 Å². The van der Waals surface area contributed by atoms with Crippen LogP contribution in [0, 0.1) is 0 Å². The zero-order chi connectivity index (χ0) is 21.3. The van der Waals surface area contributed by atoms with Crippen LogP contribution >= 0.6 is 0 Å². The van der Waals surface area contributed by atoms with Crippen LogP contribution in [0.15, 0.2) is 119 Å². The van der Waals surface area contributed by atoms with E-state index in [2.05, 4.69) is 70.6 Å². The van der Waals surface area contributed by atoms with Crippen molar-refractivity contribution in [2.75, 3.05) is 0 Å². The Morgan fingerprint density at radius 1 is 0.438 bits per heavy atom. The maximum atomic E-state index is 5.41. The predicted molar refractivity (Wildman–Crippen MR) is 126 cm³/mol. The molecule has 0 aliphatic heterocycles. The summed E-state index contributed by atoms with van der Waals surface area (Å²) in [6, 6.07) is 29.6. The Morgan fingerprint density at radius 3 is 1.22 bits per heavy atom. The summed E-state index contributed by atoms with van der Waals surface area (Å²) in [7, 11) is 0. The highest BCUT2D eigenvalue weighted by molar-refractivity contribution is 6.05. The molecule has 6 aromatic rings. The van der Waals surface area contributed by atoms with E-state index in [1.54, 1.807) is 24.9 Å². The standard InChI is InChI=1S/C28H18N2O2/c1-2-4-26-24(20-7-11-22(12-8-20)28-30-16-18-32-28)14-13-23(25(26)3-1)19-5-9-21(10-6-19)27-29-15-17-31-27/h1-18H. The van der Waals surface area contributed by atoms with Crippen molar-refractivity contribution in [3.63, 3.8) is 0 Å². The van der Waals surface area contributed by atoms with Gasteiger partial charge in [-0.05, 0) is 57.3 Å². The molecule has 0 atom stereocenters. The number of nitrogens with zero attached hydrogens (tertiary/aromatic N) is 2. The minimum absolute atomic E-state index is 0.630. The molecule has 0 saturated heterocycles. The molecule has 0 radical (unpaired) electrons. The summed E-state index contributed by atoms with van der Waals surface area (Å²) in [5.74, 6) is 1.26. The summed E-state index contributed by atoms with van der Waals surface area (Å²) in [6.45, 7) is 0. The molecule has 0 fully saturated rings. The van der Waals surface area contributed by atoms with Crippen LogP contribution in [0.1, 0.15) is 0 Å². The number of hydrogen-bond acceptors (Lipinski definition) is 4. The second-order valence-corrected chi connectivity index (χ2v) is 7.54. The Balaban J connectivity index is 1.41. The molecule has 4 nitrogen and oxygen atoms in total. The molecule has 2 heterocycles. The maximum Gasteiger partial charge on any atom is 0.225 e. The molecule has 0 spiro atoms. The third-order valence-electron chi connectivity index (χ3n) is 5.67. The normalized spacial score (nSPS) is 11.1. The zero-order valence-electron chi connectivity index (χ0n) is 17.1. The van der Waals surface area contributed by atoms with Crippen molar-refractivity contribution in [1.82, 2.24) is 9.97 Å². The molecule has 32 heavy (non-hydrogen) atoms. The van der Waals surface area contributed by atoms with Gasteiger partial charge < -0.3 is 8.83 Å². The van der Waals surface area contributed by atoms with Crippen LogP contribution in [0.25, 0.3) is 55.9 Å². The molecule has 4 aromatic carbocycles. The lowest BCUT2D eigenvalue weighted by atomic mass is 9.91. The van der Waals surface area contributed by atoms with E-state index in [0.29, 0.717) is 11.8 Å². The monoisotopic (exact) mass is 414 g/mol. The van der Waals surface area contributed by atoms with E-state index in [1.165, 1.54) is 21.9 Å². The smallest absolute Gasteiger partial charge is 0.225 e. The average Bonchev–Trinajstić information content (AvgIpc) is 3.59.